The van der Waals surface area contributed by atoms with Gasteiger partial charge in [0.15, 0.2) is 9.84 Å². The van der Waals surface area contributed by atoms with E-state index in [4.69, 9.17) is 0 Å². The Morgan fingerprint density at radius 1 is 1.40 bits per heavy atom. The lowest BCUT2D eigenvalue weighted by molar-refractivity contribution is 0.288. The second-order valence-corrected chi connectivity index (χ2v) is 7.60. The molecule has 0 aromatic heterocycles. The fourth-order valence-corrected chi connectivity index (χ4v) is 2.96. The van der Waals surface area contributed by atoms with Gasteiger partial charge in [0.1, 0.15) is 0 Å². The molecule has 1 N–H and O–H groups in total. The van der Waals surface area contributed by atoms with Gasteiger partial charge in [0, 0.05) is 18.3 Å². The minimum absolute atomic E-state index is 0.253. The Labute approximate surface area is 93.6 Å². The molecule has 1 rings (SSSR count). The third-order valence-electron chi connectivity index (χ3n) is 3.50. The van der Waals surface area contributed by atoms with Gasteiger partial charge in [0.2, 0.25) is 0 Å². The maximum Gasteiger partial charge on any atom is 0.151 e. The van der Waals surface area contributed by atoms with Gasteiger partial charge >= 0.3 is 0 Å². The molecule has 1 fully saturated rings. The van der Waals surface area contributed by atoms with Crippen LogP contribution >= 0.6 is 0 Å². The van der Waals surface area contributed by atoms with Crippen molar-refractivity contribution in [3.05, 3.63) is 0 Å². The van der Waals surface area contributed by atoms with Crippen molar-refractivity contribution in [2.45, 2.75) is 46.1 Å². The summed E-state index contributed by atoms with van der Waals surface area (Å²) in [5, 5.41) is 3.38. The molecular weight excluding hydrogens is 210 g/mol. The van der Waals surface area contributed by atoms with E-state index >= 15 is 0 Å². The fraction of sp³-hybridized carbons (Fsp3) is 1.00. The smallest absolute Gasteiger partial charge is 0.151 e. The van der Waals surface area contributed by atoms with Crippen molar-refractivity contribution >= 4 is 9.84 Å². The normalized spacial score (nSPS) is 25.7. The average Bonchev–Trinajstić information content (AvgIpc) is 2.46. The van der Waals surface area contributed by atoms with Gasteiger partial charge in [-0.25, -0.2) is 8.42 Å². The largest absolute Gasteiger partial charge is 0.312 e. The van der Waals surface area contributed by atoms with E-state index in [1.807, 2.05) is 0 Å². The lowest BCUT2D eigenvalue weighted by atomic mass is 9.87. The second-order valence-electron chi connectivity index (χ2n) is 5.12. The Balaban J connectivity index is 2.32. The number of sulfone groups is 1. The van der Waals surface area contributed by atoms with Gasteiger partial charge in [-0.2, -0.15) is 0 Å². The van der Waals surface area contributed by atoms with Crippen molar-refractivity contribution in [2.75, 3.05) is 18.1 Å². The molecular formula is C11H23NO2S. The molecule has 1 atom stereocenters. The van der Waals surface area contributed by atoms with Crippen LogP contribution in [0.3, 0.4) is 0 Å². The van der Waals surface area contributed by atoms with Crippen LogP contribution in [0.1, 0.15) is 40.0 Å². The summed E-state index contributed by atoms with van der Waals surface area (Å²) in [6.07, 6.45) is 3.68. The summed E-state index contributed by atoms with van der Waals surface area (Å²) in [6.45, 7) is 6.82. The Bertz CT molecular complexity index is 296. The lowest BCUT2D eigenvalue weighted by Crippen LogP contribution is -2.40. The summed E-state index contributed by atoms with van der Waals surface area (Å²) in [4.78, 5) is 0. The minimum atomic E-state index is -2.81. The molecule has 1 unspecified atom stereocenters. The van der Waals surface area contributed by atoms with E-state index in [1.165, 1.54) is 19.3 Å². The van der Waals surface area contributed by atoms with Crippen LogP contribution in [-0.4, -0.2) is 32.5 Å². The quantitative estimate of drug-likeness (QED) is 0.784. The molecule has 0 aromatic carbocycles. The number of nitrogens with one attached hydrogen (secondary N) is 1. The first-order valence-corrected chi connectivity index (χ1v) is 7.63. The van der Waals surface area contributed by atoms with E-state index in [0.717, 1.165) is 0 Å². The van der Waals surface area contributed by atoms with Crippen molar-refractivity contribution in [3.63, 3.8) is 0 Å². The zero-order chi connectivity index (χ0) is 11.5. The standard InChI is InChI=1S/C11H23NO2S/c1-4-15(13,14)9-8-12-10-6-5-7-11(10,2)3/h10,12H,4-9H2,1-3H3. The first-order valence-electron chi connectivity index (χ1n) is 5.81. The van der Waals surface area contributed by atoms with E-state index in [2.05, 4.69) is 19.2 Å². The van der Waals surface area contributed by atoms with Crippen molar-refractivity contribution < 1.29 is 8.42 Å². The molecule has 4 heteroatoms. The van der Waals surface area contributed by atoms with E-state index in [-0.39, 0.29) is 11.5 Å². The molecule has 0 aliphatic heterocycles. The van der Waals surface area contributed by atoms with Crippen LogP contribution in [-0.2, 0) is 9.84 Å². The maximum absolute atomic E-state index is 11.3. The molecule has 90 valence electrons. The van der Waals surface area contributed by atoms with Gasteiger partial charge in [-0.15, -0.1) is 0 Å². The van der Waals surface area contributed by atoms with Gasteiger partial charge in [0.25, 0.3) is 0 Å². The van der Waals surface area contributed by atoms with Gasteiger partial charge < -0.3 is 5.32 Å². The third kappa shape index (κ3) is 3.76. The van der Waals surface area contributed by atoms with Crippen LogP contribution in [0.4, 0.5) is 0 Å². The van der Waals surface area contributed by atoms with Crippen molar-refractivity contribution in [1.29, 1.82) is 0 Å². The highest BCUT2D eigenvalue weighted by Gasteiger charge is 2.33. The van der Waals surface area contributed by atoms with Crippen LogP contribution in [0.5, 0.6) is 0 Å². The highest BCUT2D eigenvalue weighted by Crippen LogP contribution is 2.36. The van der Waals surface area contributed by atoms with Gasteiger partial charge in [0.05, 0.1) is 5.75 Å². The number of hydrogen-bond acceptors (Lipinski definition) is 3. The molecule has 0 saturated heterocycles. The zero-order valence-corrected chi connectivity index (χ0v) is 10.9. The molecule has 0 spiro atoms. The van der Waals surface area contributed by atoms with Gasteiger partial charge in [-0.1, -0.05) is 27.2 Å². The molecule has 0 amide bonds. The number of hydrogen-bond donors (Lipinski definition) is 1. The lowest BCUT2D eigenvalue weighted by Gasteiger charge is -2.27. The Morgan fingerprint density at radius 3 is 2.53 bits per heavy atom. The first-order chi connectivity index (χ1) is 6.87. The molecule has 0 heterocycles. The molecule has 0 bridgehead atoms. The Morgan fingerprint density at radius 2 is 2.07 bits per heavy atom. The number of rotatable bonds is 5. The van der Waals surface area contributed by atoms with Crippen molar-refractivity contribution in [1.82, 2.24) is 5.32 Å². The SMILES string of the molecule is CCS(=O)(=O)CCNC1CCCC1(C)C. The average molecular weight is 233 g/mol. The van der Waals surface area contributed by atoms with E-state index in [0.29, 0.717) is 18.0 Å². The summed E-state index contributed by atoms with van der Waals surface area (Å²) in [7, 11) is -2.81. The molecule has 1 aliphatic rings. The van der Waals surface area contributed by atoms with Crippen LogP contribution in [0.15, 0.2) is 0 Å². The maximum atomic E-state index is 11.3. The monoisotopic (exact) mass is 233 g/mol. The Kier molecular flexibility index (Phi) is 4.18. The van der Waals surface area contributed by atoms with E-state index in [1.54, 1.807) is 6.92 Å². The third-order valence-corrected chi connectivity index (χ3v) is 5.21. The highest BCUT2D eigenvalue weighted by molar-refractivity contribution is 7.91. The van der Waals surface area contributed by atoms with Gasteiger partial charge in [-0.05, 0) is 18.3 Å². The molecule has 1 saturated carbocycles. The second kappa shape index (κ2) is 4.83. The van der Waals surface area contributed by atoms with E-state index < -0.39 is 9.84 Å². The predicted octanol–water partition coefficient (Wildman–Crippen LogP) is 1.59. The topological polar surface area (TPSA) is 46.2 Å². The first kappa shape index (κ1) is 13.0. The highest BCUT2D eigenvalue weighted by atomic mass is 32.2. The Hall–Kier alpha value is -0.0900. The summed E-state index contributed by atoms with van der Waals surface area (Å²) in [6, 6.07) is 0.490. The predicted molar refractivity (Wildman–Crippen MR) is 63.8 cm³/mol. The summed E-state index contributed by atoms with van der Waals surface area (Å²) < 4.78 is 22.6. The molecule has 0 radical (unpaired) electrons. The zero-order valence-electron chi connectivity index (χ0n) is 10.0. The van der Waals surface area contributed by atoms with Crippen molar-refractivity contribution in [2.24, 2.45) is 5.41 Å². The van der Waals surface area contributed by atoms with Crippen LogP contribution in [0.25, 0.3) is 0 Å². The van der Waals surface area contributed by atoms with Crippen LogP contribution in [0.2, 0.25) is 0 Å². The molecule has 15 heavy (non-hydrogen) atoms. The van der Waals surface area contributed by atoms with Gasteiger partial charge in [-0.3, -0.25) is 0 Å². The molecule has 1 aliphatic carbocycles. The van der Waals surface area contributed by atoms with E-state index in [9.17, 15) is 8.42 Å². The molecule has 3 nitrogen and oxygen atoms in total. The summed E-state index contributed by atoms with van der Waals surface area (Å²) in [5.74, 6) is 0.527. The van der Waals surface area contributed by atoms with Crippen LogP contribution < -0.4 is 5.32 Å². The fourth-order valence-electron chi connectivity index (χ4n) is 2.24. The summed E-state index contributed by atoms with van der Waals surface area (Å²) in [5.41, 5.74) is 0.329. The molecule has 0 aromatic rings. The summed E-state index contributed by atoms with van der Waals surface area (Å²) >= 11 is 0. The van der Waals surface area contributed by atoms with Crippen molar-refractivity contribution in [3.8, 4) is 0 Å². The van der Waals surface area contributed by atoms with Crippen LogP contribution in [0, 0.1) is 5.41 Å². The minimum Gasteiger partial charge on any atom is -0.312 e.